The van der Waals surface area contributed by atoms with Crippen LogP contribution in [0.3, 0.4) is 0 Å². The average molecular weight is 265 g/mol. The zero-order valence-electron chi connectivity index (χ0n) is 11.2. The molecule has 0 aliphatic rings. The van der Waals surface area contributed by atoms with Crippen molar-refractivity contribution in [2.45, 2.75) is 6.61 Å². The van der Waals surface area contributed by atoms with E-state index >= 15 is 0 Å². The minimum Gasteiger partial charge on any atom is -0.497 e. The molecule has 2 rings (SSSR count). The Bertz CT molecular complexity index is 627. The molecule has 0 aliphatic heterocycles. The minimum absolute atomic E-state index is 0.487. The number of methoxy groups -OCH3 is 1. The van der Waals surface area contributed by atoms with Gasteiger partial charge in [-0.05, 0) is 29.8 Å². The van der Waals surface area contributed by atoms with E-state index in [-0.39, 0.29) is 0 Å². The maximum Gasteiger partial charge on any atom is 0.127 e. The fourth-order valence-corrected chi connectivity index (χ4v) is 1.78. The van der Waals surface area contributed by atoms with E-state index in [1.54, 1.807) is 13.2 Å². The molecule has 0 saturated heterocycles. The van der Waals surface area contributed by atoms with E-state index in [1.165, 1.54) is 6.08 Å². The van der Waals surface area contributed by atoms with Crippen molar-refractivity contribution in [1.82, 2.24) is 0 Å². The van der Waals surface area contributed by atoms with Gasteiger partial charge in [0.15, 0.2) is 0 Å². The molecule has 100 valence electrons. The lowest BCUT2D eigenvalue weighted by molar-refractivity contribution is 0.305. The highest BCUT2D eigenvalue weighted by atomic mass is 16.5. The zero-order valence-corrected chi connectivity index (χ0v) is 11.2. The summed E-state index contributed by atoms with van der Waals surface area (Å²) in [6.07, 6.45) is 3.13. The van der Waals surface area contributed by atoms with Crippen LogP contribution >= 0.6 is 0 Å². The van der Waals surface area contributed by atoms with Gasteiger partial charge in [0.05, 0.1) is 13.2 Å². The molecule has 0 atom stereocenters. The van der Waals surface area contributed by atoms with E-state index in [0.29, 0.717) is 6.61 Å². The number of rotatable bonds is 5. The molecule has 0 unspecified atom stereocenters. The van der Waals surface area contributed by atoms with Gasteiger partial charge in [0.1, 0.15) is 18.1 Å². The molecular weight excluding hydrogens is 250 g/mol. The SMILES string of the molecule is COc1ccc(OCc2ccccc2)c(/C=C/C#N)c1. The Labute approximate surface area is 118 Å². The third-order valence-corrected chi connectivity index (χ3v) is 2.79. The summed E-state index contributed by atoms with van der Waals surface area (Å²) in [6.45, 7) is 0.487. The fraction of sp³-hybridized carbons (Fsp3) is 0.118. The van der Waals surface area contributed by atoms with Gasteiger partial charge in [0, 0.05) is 11.6 Å². The van der Waals surface area contributed by atoms with E-state index in [9.17, 15) is 0 Å². The maximum atomic E-state index is 8.64. The largest absolute Gasteiger partial charge is 0.497 e. The predicted octanol–water partition coefficient (Wildman–Crippen LogP) is 3.81. The number of benzene rings is 2. The molecule has 0 fully saturated rings. The Morgan fingerprint density at radius 1 is 1.15 bits per heavy atom. The Balaban J connectivity index is 2.18. The van der Waals surface area contributed by atoms with Gasteiger partial charge in [-0.25, -0.2) is 0 Å². The van der Waals surface area contributed by atoms with E-state index in [1.807, 2.05) is 54.6 Å². The van der Waals surface area contributed by atoms with Crippen LogP contribution in [0.1, 0.15) is 11.1 Å². The third-order valence-electron chi connectivity index (χ3n) is 2.79. The van der Waals surface area contributed by atoms with Crippen molar-refractivity contribution >= 4 is 6.08 Å². The maximum absolute atomic E-state index is 8.64. The average Bonchev–Trinajstić information content (AvgIpc) is 2.52. The second kappa shape index (κ2) is 7.01. The first-order valence-electron chi connectivity index (χ1n) is 6.24. The van der Waals surface area contributed by atoms with E-state index in [4.69, 9.17) is 14.7 Å². The van der Waals surface area contributed by atoms with Crippen molar-refractivity contribution in [3.05, 3.63) is 65.7 Å². The van der Waals surface area contributed by atoms with Crippen LogP contribution in [0.25, 0.3) is 6.08 Å². The molecule has 0 N–H and O–H groups in total. The quantitative estimate of drug-likeness (QED) is 0.772. The Morgan fingerprint density at radius 2 is 1.95 bits per heavy atom. The van der Waals surface area contributed by atoms with Gasteiger partial charge in [-0.1, -0.05) is 30.3 Å². The van der Waals surface area contributed by atoms with Crippen LogP contribution in [0.4, 0.5) is 0 Å². The van der Waals surface area contributed by atoms with Crippen LogP contribution in [0.2, 0.25) is 0 Å². The molecule has 0 aromatic heterocycles. The van der Waals surface area contributed by atoms with Gasteiger partial charge in [-0.2, -0.15) is 5.26 Å². The minimum atomic E-state index is 0.487. The number of hydrogen-bond acceptors (Lipinski definition) is 3. The van der Waals surface area contributed by atoms with Crippen molar-refractivity contribution in [3.63, 3.8) is 0 Å². The van der Waals surface area contributed by atoms with Crippen LogP contribution in [0.5, 0.6) is 11.5 Å². The van der Waals surface area contributed by atoms with Gasteiger partial charge in [0.2, 0.25) is 0 Å². The van der Waals surface area contributed by atoms with Gasteiger partial charge in [0.25, 0.3) is 0 Å². The van der Waals surface area contributed by atoms with Crippen molar-refractivity contribution in [3.8, 4) is 17.6 Å². The number of hydrogen-bond donors (Lipinski definition) is 0. The van der Waals surface area contributed by atoms with Crippen molar-refractivity contribution in [1.29, 1.82) is 5.26 Å². The second-order valence-corrected chi connectivity index (χ2v) is 4.14. The molecule has 0 saturated carbocycles. The normalized spacial score (nSPS) is 10.2. The van der Waals surface area contributed by atoms with Crippen molar-refractivity contribution < 1.29 is 9.47 Å². The molecule has 3 heteroatoms. The molecule has 3 nitrogen and oxygen atoms in total. The third kappa shape index (κ3) is 3.63. The molecule has 0 spiro atoms. The lowest BCUT2D eigenvalue weighted by Crippen LogP contribution is -1.97. The lowest BCUT2D eigenvalue weighted by atomic mass is 10.1. The summed E-state index contributed by atoms with van der Waals surface area (Å²) in [5.74, 6) is 1.45. The van der Waals surface area contributed by atoms with Gasteiger partial charge >= 0.3 is 0 Å². The van der Waals surface area contributed by atoms with Crippen LogP contribution in [-0.2, 0) is 6.61 Å². The summed E-state index contributed by atoms with van der Waals surface area (Å²) < 4.78 is 11.0. The van der Waals surface area contributed by atoms with E-state index < -0.39 is 0 Å². The predicted molar refractivity (Wildman–Crippen MR) is 78.4 cm³/mol. The van der Waals surface area contributed by atoms with E-state index in [2.05, 4.69) is 0 Å². The Morgan fingerprint density at radius 3 is 2.65 bits per heavy atom. The fourth-order valence-electron chi connectivity index (χ4n) is 1.78. The smallest absolute Gasteiger partial charge is 0.127 e. The molecule has 2 aromatic carbocycles. The second-order valence-electron chi connectivity index (χ2n) is 4.14. The number of nitrogens with zero attached hydrogens (tertiary/aromatic N) is 1. The molecule has 2 aromatic rings. The highest BCUT2D eigenvalue weighted by molar-refractivity contribution is 5.61. The van der Waals surface area contributed by atoms with Crippen LogP contribution in [-0.4, -0.2) is 7.11 Å². The lowest BCUT2D eigenvalue weighted by Gasteiger charge is -2.10. The van der Waals surface area contributed by atoms with Crippen molar-refractivity contribution in [2.24, 2.45) is 0 Å². The zero-order chi connectivity index (χ0) is 14.2. The van der Waals surface area contributed by atoms with Gasteiger partial charge in [-0.3, -0.25) is 0 Å². The molecular formula is C17H15NO2. The molecule has 0 aliphatic carbocycles. The summed E-state index contributed by atoms with van der Waals surface area (Å²) in [4.78, 5) is 0. The highest BCUT2D eigenvalue weighted by Gasteiger charge is 2.04. The summed E-state index contributed by atoms with van der Waals surface area (Å²) in [6, 6.07) is 17.4. The number of nitriles is 1. The topological polar surface area (TPSA) is 42.2 Å². The Hall–Kier alpha value is -2.73. The molecule has 0 heterocycles. The summed E-state index contributed by atoms with van der Waals surface area (Å²) in [5, 5.41) is 8.64. The van der Waals surface area contributed by atoms with Crippen LogP contribution < -0.4 is 9.47 Å². The summed E-state index contributed by atoms with van der Waals surface area (Å²) in [7, 11) is 1.61. The highest BCUT2D eigenvalue weighted by Crippen LogP contribution is 2.26. The molecule has 0 radical (unpaired) electrons. The first-order valence-corrected chi connectivity index (χ1v) is 6.24. The van der Waals surface area contributed by atoms with Crippen LogP contribution in [0.15, 0.2) is 54.6 Å². The van der Waals surface area contributed by atoms with Crippen molar-refractivity contribution in [2.75, 3.05) is 7.11 Å². The first-order chi connectivity index (χ1) is 9.83. The standard InChI is InChI=1S/C17H15NO2/c1-19-16-9-10-17(15(12-16)8-5-11-18)20-13-14-6-3-2-4-7-14/h2-10,12H,13H2,1H3/b8-5+. The first kappa shape index (κ1) is 13.7. The van der Waals surface area contributed by atoms with Gasteiger partial charge < -0.3 is 9.47 Å². The van der Waals surface area contributed by atoms with E-state index in [0.717, 1.165) is 22.6 Å². The van der Waals surface area contributed by atoms with Crippen LogP contribution in [0, 0.1) is 11.3 Å². The molecule has 0 amide bonds. The number of allylic oxidation sites excluding steroid dienone is 1. The Kier molecular flexibility index (Phi) is 4.80. The molecule has 20 heavy (non-hydrogen) atoms. The van der Waals surface area contributed by atoms with Gasteiger partial charge in [-0.15, -0.1) is 0 Å². The molecule has 0 bridgehead atoms. The number of ether oxygens (including phenoxy) is 2. The monoisotopic (exact) mass is 265 g/mol. The summed E-state index contributed by atoms with van der Waals surface area (Å²) >= 11 is 0. The summed E-state index contributed by atoms with van der Waals surface area (Å²) in [5.41, 5.74) is 1.92.